The highest BCUT2D eigenvalue weighted by atomic mass is 79.9. The zero-order valence-corrected chi connectivity index (χ0v) is 11.2. The van der Waals surface area contributed by atoms with E-state index in [4.69, 9.17) is 0 Å². The SMILES string of the molecule is O=C(O)C1(CNCc2ccccc2Br)CCC1. The van der Waals surface area contributed by atoms with Crippen LogP contribution in [-0.4, -0.2) is 17.6 Å². The van der Waals surface area contributed by atoms with Crippen LogP contribution in [0.3, 0.4) is 0 Å². The maximum Gasteiger partial charge on any atom is 0.310 e. The standard InChI is InChI=1S/C13H16BrNO2/c14-11-5-2-1-4-10(11)8-15-9-13(12(16)17)6-3-7-13/h1-2,4-5,15H,3,6-9H2,(H,16,17). The summed E-state index contributed by atoms with van der Waals surface area (Å²) in [5.41, 5.74) is 0.647. The Morgan fingerprint density at radius 2 is 2.12 bits per heavy atom. The Morgan fingerprint density at radius 3 is 2.65 bits per heavy atom. The minimum absolute atomic E-state index is 0.513. The Hall–Kier alpha value is -0.870. The number of aliphatic carboxylic acids is 1. The molecule has 0 bridgehead atoms. The predicted octanol–water partition coefficient (Wildman–Crippen LogP) is 2.79. The summed E-state index contributed by atoms with van der Waals surface area (Å²) in [5.74, 6) is -0.664. The van der Waals surface area contributed by atoms with Crippen molar-refractivity contribution in [2.45, 2.75) is 25.8 Å². The minimum Gasteiger partial charge on any atom is -0.481 e. The van der Waals surface area contributed by atoms with Gasteiger partial charge in [0.25, 0.3) is 0 Å². The number of carboxylic acid groups (broad SMARTS) is 1. The van der Waals surface area contributed by atoms with Gasteiger partial charge in [-0.05, 0) is 24.5 Å². The first-order valence-corrected chi connectivity index (χ1v) is 6.61. The van der Waals surface area contributed by atoms with Crippen molar-refractivity contribution in [3.63, 3.8) is 0 Å². The van der Waals surface area contributed by atoms with Gasteiger partial charge in [-0.15, -0.1) is 0 Å². The molecule has 1 aliphatic carbocycles. The summed E-state index contributed by atoms with van der Waals surface area (Å²) in [4.78, 5) is 11.2. The predicted molar refractivity (Wildman–Crippen MR) is 69.8 cm³/mol. The third-order valence-electron chi connectivity index (χ3n) is 3.50. The summed E-state index contributed by atoms with van der Waals surface area (Å²) in [7, 11) is 0. The van der Waals surface area contributed by atoms with Crippen molar-refractivity contribution in [3.05, 3.63) is 34.3 Å². The van der Waals surface area contributed by atoms with Crippen LogP contribution in [0.2, 0.25) is 0 Å². The van der Waals surface area contributed by atoms with Crippen molar-refractivity contribution < 1.29 is 9.90 Å². The molecular weight excluding hydrogens is 282 g/mol. The van der Waals surface area contributed by atoms with E-state index in [0.29, 0.717) is 13.1 Å². The van der Waals surface area contributed by atoms with Gasteiger partial charge in [0.2, 0.25) is 0 Å². The number of halogens is 1. The molecule has 0 atom stereocenters. The van der Waals surface area contributed by atoms with Gasteiger partial charge in [0.05, 0.1) is 5.41 Å². The second kappa shape index (κ2) is 5.19. The zero-order valence-electron chi connectivity index (χ0n) is 9.58. The van der Waals surface area contributed by atoms with Gasteiger partial charge in [-0.25, -0.2) is 0 Å². The van der Waals surface area contributed by atoms with Gasteiger partial charge in [-0.2, -0.15) is 0 Å². The summed E-state index contributed by atoms with van der Waals surface area (Å²) in [5, 5.41) is 12.4. The Bertz CT molecular complexity index is 416. The summed E-state index contributed by atoms with van der Waals surface area (Å²) in [6.45, 7) is 1.26. The van der Waals surface area contributed by atoms with Crippen molar-refractivity contribution in [3.8, 4) is 0 Å². The topological polar surface area (TPSA) is 49.3 Å². The van der Waals surface area contributed by atoms with Crippen LogP contribution in [0.15, 0.2) is 28.7 Å². The molecule has 0 saturated heterocycles. The lowest BCUT2D eigenvalue weighted by Crippen LogP contribution is -2.46. The molecule has 3 nitrogen and oxygen atoms in total. The summed E-state index contributed by atoms with van der Waals surface area (Å²) >= 11 is 3.48. The molecular formula is C13H16BrNO2. The minimum atomic E-state index is -0.664. The fourth-order valence-electron chi connectivity index (χ4n) is 2.15. The van der Waals surface area contributed by atoms with E-state index in [1.54, 1.807) is 0 Å². The van der Waals surface area contributed by atoms with E-state index in [-0.39, 0.29) is 0 Å². The largest absolute Gasteiger partial charge is 0.481 e. The molecule has 2 rings (SSSR count). The molecule has 2 N–H and O–H groups in total. The van der Waals surface area contributed by atoms with Crippen molar-refractivity contribution in [2.24, 2.45) is 5.41 Å². The van der Waals surface area contributed by atoms with Crippen LogP contribution < -0.4 is 5.32 Å². The van der Waals surface area contributed by atoms with Crippen LogP contribution in [0, 0.1) is 5.41 Å². The van der Waals surface area contributed by atoms with Gasteiger partial charge in [0.1, 0.15) is 0 Å². The van der Waals surface area contributed by atoms with Gasteiger partial charge >= 0.3 is 5.97 Å². The van der Waals surface area contributed by atoms with Crippen LogP contribution in [-0.2, 0) is 11.3 Å². The highest BCUT2D eigenvalue weighted by Crippen LogP contribution is 2.40. The van der Waals surface area contributed by atoms with Gasteiger partial charge < -0.3 is 10.4 Å². The molecule has 17 heavy (non-hydrogen) atoms. The lowest BCUT2D eigenvalue weighted by atomic mass is 9.69. The van der Waals surface area contributed by atoms with E-state index in [0.717, 1.165) is 29.3 Å². The third kappa shape index (κ3) is 2.69. The fraction of sp³-hybridized carbons (Fsp3) is 0.462. The lowest BCUT2D eigenvalue weighted by Gasteiger charge is -2.37. The first-order chi connectivity index (χ1) is 8.14. The fourth-order valence-corrected chi connectivity index (χ4v) is 2.57. The molecule has 92 valence electrons. The highest BCUT2D eigenvalue weighted by molar-refractivity contribution is 9.10. The Labute approximate surface area is 109 Å². The Balaban J connectivity index is 1.88. The van der Waals surface area contributed by atoms with Crippen molar-refractivity contribution in [1.82, 2.24) is 5.32 Å². The second-order valence-corrected chi connectivity index (χ2v) is 5.49. The molecule has 1 fully saturated rings. The van der Waals surface area contributed by atoms with Gasteiger partial charge in [0.15, 0.2) is 0 Å². The number of nitrogens with one attached hydrogen (secondary N) is 1. The number of hydrogen-bond donors (Lipinski definition) is 2. The van der Waals surface area contributed by atoms with Crippen LogP contribution in [0.4, 0.5) is 0 Å². The zero-order chi connectivity index (χ0) is 12.3. The van der Waals surface area contributed by atoms with Gasteiger partial charge in [-0.1, -0.05) is 40.5 Å². The molecule has 0 unspecified atom stereocenters. The average molecular weight is 298 g/mol. The highest BCUT2D eigenvalue weighted by Gasteiger charge is 2.43. The van der Waals surface area contributed by atoms with E-state index >= 15 is 0 Å². The number of carboxylic acids is 1. The summed E-state index contributed by atoms with van der Waals surface area (Å²) < 4.78 is 1.06. The number of benzene rings is 1. The van der Waals surface area contributed by atoms with Crippen LogP contribution in [0.5, 0.6) is 0 Å². The smallest absolute Gasteiger partial charge is 0.310 e. The average Bonchev–Trinajstić information content (AvgIpc) is 2.23. The van der Waals surface area contributed by atoms with Crippen LogP contribution in [0.25, 0.3) is 0 Å². The van der Waals surface area contributed by atoms with Gasteiger partial charge in [-0.3, -0.25) is 4.79 Å². The maximum atomic E-state index is 11.2. The van der Waals surface area contributed by atoms with Crippen LogP contribution in [0.1, 0.15) is 24.8 Å². The molecule has 0 heterocycles. The second-order valence-electron chi connectivity index (χ2n) is 4.63. The van der Waals surface area contributed by atoms with Gasteiger partial charge in [0, 0.05) is 17.6 Å². The molecule has 0 aliphatic heterocycles. The van der Waals surface area contributed by atoms with E-state index in [9.17, 15) is 9.90 Å². The molecule has 4 heteroatoms. The molecule has 0 radical (unpaired) electrons. The van der Waals surface area contributed by atoms with Crippen molar-refractivity contribution in [2.75, 3.05) is 6.54 Å². The normalized spacial score (nSPS) is 17.5. The first kappa shape index (κ1) is 12.6. The summed E-state index contributed by atoms with van der Waals surface area (Å²) in [6.07, 6.45) is 2.62. The maximum absolute atomic E-state index is 11.2. The molecule has 1 aromatic carbocycles. The lowest BCUT2D eigenvalue weighted by molar-refractivity contribution is -0.154. The van der Waals surface area contributed by atoms with Crippen molar-refractivity contribution in [1.29, 1.82) is 0 Å². The third-order valence-corrected chi connectivity index (χ3v) is 4.27. The molecule has 0 aromatic heterocycles. The monoisotopic (exact) mass is 297 g/mol. The summed E-state index contributed by atoms with van der Waals surface area (Å²) in [6, 6.07) is 7.98. The number of rotatable bonds is 5. The molecule has 1 aliphatic rings. The number of hydrogen-bond acceptors (Lipinski definition) is 2. The molecule has 0 spiro atoms. The van der Waals surface area contributed by atoms with E-state index in [2.05, 4.69) is 21.2 Å². The molecule has 0 amide bonds. The number of carbonyl (C=O) groups is 1. The van der Waals surface area contributed by atoms with E-state index in [1.807, 2.05) is 24.3 Å². The Morgan fingerprint density at radius 1 is 1.41 bits per heavy atom. The molecule has 1 saturated carbocycles. The van der Waals surface area contributed by atoms with E-state index in [1.165, 1.54) is 0 Å². The molecule has 1 aromatic rings. The first-order valence-electron chi connectivity index (χ1n) is 5.82. The van der Waals surface area contributed by atoms with Crippen molar-refractivity contribution >= 4 is 21.9 Å². The van der Waals surface area contributed by atoms with E-state index < -0.39 is 11.4 Å². The quantitative estimate of drug-likeness (QED) is 0.879. The Kier molecular flexibility index (Phi) is 3.84. The van der Waals surface area contributed by atoms with Crippen LogP contribution >= 0.6 is 15.9 Å².